The SMILES string of the molecule is O=C(/C=C/c1ccc(Br)cc1)/C=C/c1ccc(OCCSc2nnc(-c3ccccc3)s2)cc1. The molecule has 0 amide bonds. The molecule has 0 saturated heterocycles. The number of allylic oxidation sites excluding steroid dienone is 2. The maximum Gasteiger partial charge on any atom is 0.178 e. The van der Waals surface area contributed by atoms with Crippen LogP contribution >= 0.6 is 39.0 Å². The minimum absolute atomic E-state index is 0.0626. The molecule has 0 spiro atoms. The van der Waals surface area contributed by atoms with Crippen molar-refractivity contribution >= 4 is 57.0 Å². The fourth-order valence-corrected chi connectivity index (χ4v) is 4.92. The number of nitrogens with zero attached hydrogens (tertiary/aromatic N) is 2. The smallest absolute Gasteiger partial charge is 0.178 e. The van der Waals surface area contributed by atoms with Crippen LogP contribution in [0.15, 0.2) is 99.8 Å². The van der Waals surface area contributed by atoms with Gasteiger partial charge < -0.3 is 4.74 Å². The largest absolute Gasteiger partial charge is 0.493 e. The van der Waals surface area contributed by atoms with E-state index in [4.69, 9.17) is 4.74 Å². The van der Waals surface area contributed by atoms with Crippen LogP contribution in [-0.2, 0) is 4.79 Å². The van der Waals surface area contributed by atoms with E-state index in [2.05, 4.69) is 26.1 Å². The number of rotatable bonds is 10. The van der Waals surface area contributed by atoms with Gasteiger partial charge in [-0.1, -0.05) is 106 Å². The van der Waals surface area contributed by atoms with Gasteiger partial charge >= 0.3 is 0 Å². The van der Waals surface area contributed by atoms with Crippen molar-refractivity contribution in [3.63, 3.8) is 0 Å². The number of ether oxygens (including phenoxy) is 1. The number of hydrogen-bond acceptors (Lipinski definition) is 6. The first-order chi connectivity index (χ1) is 16.7. The van der Waals surface area contributed by atoms with Crippen molar-refractivity contribution in [1.29, 1.82) is 0 Å². The zero-order valence-electron chi connectivity index (χ0n) is 18.1. The maximum absolute atomic E-state index is 12.1. The van der Waals surface area contributed by atoms with Crippen molar-refractivity contribution in [1.82, 2.24) is 10.2 Å². The molecule has 0 saturated carbocycles. The predicted octanol–water partition coefficient (Wildman–Crippen LogP) is 7.43. The first kappa shape index (κ1) is 24.1. The van der Waals surface area contributed by atoms with Crippen molar-refractivity contribution in [2.75, 3.05) is 12.4 Å². The van der Waals surface area contributed by atoms with Crippen molar-refractivity contribution < 1.29 is 9.53 Å². The van der Waals surface area contributed by atoms with Gasteiger partial charge in [0, 0.05) is 15.8 Å². The summed E-state index contributed by atoms with van der Waals surface area (Å²) < 4.78 is 7.77. The van der Waals surface area contributed by atoms with Gasteiger partial charge in [-0.05, 0) is 47.5 Å². The summed E-state index contributed by atoms with van der Waals surface area (Å²) in [6.07, 6.45) is 6.73. The Hall–Kier alpha value is -3.00. The number of benzene rings is 3. The van der Waals surface area contributed by atoms with E-state index >= 15 is 0 Å². The zero-order chi connectivity index (χ0) is 23.6. The summed E-state index contributed by atoms with van der Waals surface area (Å²) in [4.78, 5) is 12.1. The lowest BCUT2D eigenvalue weighted by Crippen LogP contribution is -1.99. The molecule has 0 unspecified atom stereocenters. The number of carbonyl (C=O) groups is 1. The van der Waals surface area contributed by atoms with Gasteiger partial charge in [0.15, 0.2) is 10.1 Å². The van der Waals surface area contributed by atoms with Crippen LogP contribution in [-0.4, -0.2) is 28.3 Å². The van der Waals surface area contributed by atoms with E-state index in [9.17, 15) is 4.79 Å². The summed E-state index contributed by atoms with van der Waals surface area (Å²) in [6.45, 7) is 0.569. The monoisotopic (exact) mass is 548 g/mol. The maximum atomic E-state index is 12.1. The molecule has 0 aliphatic carbocycles. The third-order valence-electron chi connectivity index (χ3n) is 4.64. The number of thioether (sulfide) groups is 1. The molecule has 4 nitrogen and oxygen atoms in total. The zero-order valence-corrected chi connectivity index (χ0v) is 21.4. The third kappa shape index (κ3) is 7.52. The summed E-state index contributed by atoms with van der Waals surface area (Å²) in [5, 5.41) is 9.44. The highest BCUT2D eigenvalue weighted by Gasteiger charge is 2.06. The Morgan fingerprint density at radius 2 is 1.53 bits per heavy atom. The van der Waals surface area contributed by atoms with Gasteiger partial charge in [-0.15, -0.1) is 10.2 Å². The molecule has 1 aromatic heterocycles. The molecule has 4 aromatic rings. The lowest BCUT2D eigenvalue weighted by atomic mass is 10.1. The second kappa shape index (κ2) is 12.5. The number of aromatic nitrogens is 2. The Labute approximate surface area is 215 Å². The quantitative estimate of drug-likeness (QED) is 0.117. The lowest BCUT2D eigenvalue weighted by Gasteiger charge is -2.05. The van der Waals surface area contributed by atoms with Crippen LogP contribution in [0, 0.1) is 0 Å². The number of carbonyl (C=O) groups excluding carboxylic acids is 1. The second-order valence-electron chi connectivity index (χ2n) is 7.13. The summed E-state index contributed by atoms with van der Waals surface area (Å²) in [5.74, 6) is 1.51. The molecule has 7 heteroatoms. The van der Waals surface area contributed by atoms with E-state index < -0.39 is 0 Å². The van der Waals surface area contributed by atoms with Crippen LogP contribution in [0.25, 0.3) is 22.7 Å². The van der Waals surface area contributed by atoms with Gasteiger partial charge in [-0.2, -0.15) is 0 Å². The summed E-state index contributed by atoms with van der Waals surface area (Å²) in [7, 11) is 0. The van der Waals surface area contributed by atoms with Crippen LogP contribution in [0.5, 0.6) is 5.75 Å². The lowest BCUT2D eigenvalue weighted by molar-refractivity contribution is -0.110. The average Bonchev–Trinajstić information content (AvgIpc) is 3.35. The van der Waals surface area contributed by atoms with Crippen molar-refractivity contribution in [2.24, 2.45) is 0 Å². The van der Waals surface area contributed by atoms with E-state index in [0.717, 1.165) is 42.0 Å². The third-order valence-corrected chi connectivity index (χ3v) is 7.23. The van der Waals surface area contributed by atoms with E-state index in [-0.39, 0.29) is 5.78 Å². The van der Waals surface area contributed by atoms with Crippen LogP contribution < -0.4 is 4.74 Å². The average molecular weight is 550 g/mol. The molecule has 170 valence electrons. The van der Waals surface area contributed by atoms with Crippen molar-refractivity contribution in [2.45, 2.75) is 4.34 Å². The van der Waals surface area contributed by atoms with Crippen LogP contribution in [0.4, 0.5) is 0 Å². The first-order valence-electron chi connectivity index (χ1n) is 10.6. The summed E-state index contributed by atoms with van der Waals surface area (Å²) in [6, 6.07) is 25.5. The molecule has 0 aliphatic rings. The van der Waals surface area contributed by atoms with E-state index in [1.54, 1.807) is 47.4 Å². The number of ketones is 1. The Morgan fingerprint density at radius 1 is 0.882 bits per heavy atom. The number of halogens is 1. The molecule has 1 heterocycles. The topological polar surface area (TPSA) is 52.1 Å². The number of hydrogen-bond donors (Lipinski definition) is 0. The van der Waals surface area contributed by atoms with Gasteiger partial charge in [0.1, 0.15) is 10.8 Å². The van der Waals surface area contributed by atoms with E-state index in [1.807, 2.05) is 78.9 Å². The Bertz CT molecular complexity index is 1270. The molecule has 34 heavy (non-hydrogen) atoms. The molecule has 0 aliphatic heterocycles. The van der Waals surface area contributed by atoms with Gasteiger partial charge in [-0.3, -0.25) is 4.79 Å². The highest BCUT2D eigenvalue weighted by atomic mass is 79.9. The molecule has 0 bridgehead atoms. The highest BCUT2D eigenvalue weighted by Crippen LogP contribution is 2.29. The Balaban J connectivity index is 1.20. The standard InChI is InChI=1S/C27H21BrN2O2S2/c28-23-12-6-20(7-13-23)8-14-24(31)15-9-21-10-16-25(17-11-21)32-18-19-33-27-30-29-26(34-27)22-4-2-1-3-5-22/h1-17H,18-19H2/b14-8+,15-9+. The molecule has 4 rings (SSSR count). The minimum atomic E-state index is -0.0626. The fourth-order valence-electron chi connectivity index (χ4n) is 2.92. The molecule has 0 fully saturated rings. The first-order valence-corrected chi connectivity index (χ1v) is 13.2. The molecule has 0 atom stereocenters. The molecule has 0 N–H and O–H groups in total. The predicted molar refractivity (Wildman–Crippen MR) is 145 cm³/mol. The summed E-state index contributed by atoms with van der Waals surface area (Å²) in [5.41, 5.74) is 3.00. The minimum Gasteiger partial charge on any atom is -0.493 e. The molecular formula is C27H21BrN2O2S2. The Kier molecular flexibility index (Phi) is 8.84. The Morgan fingerprint density at radius 3 is 2.21 bits per heavy atom. The fraction of sp³-hybridized carbons (Fsp3) is 0.0741. The second-order valence-corrected chi connectivity index (χ2v) is 10.4. The molecular weight excluding hydrogens is 528 g/mol. The van der Waals surface area contributed by atoms with E-state index in [0.29, 0.717) is 6.61 Å². The molecule has 3 aromatic carbocycles. The van der Waals surface area contributed by atoms with Gasteiger partial charge in [-0.25, -0.2) is 0 Å². The van der Waals surface area contributed by atoms with Gasteiger partial charge in [0.2, 0.25) is 0 Å². The van der Waals surface area contributed by atoms with Gasteiger partial charge in [0.25, 0.3) is 0 Å². The highest BCUT2D eigenvalue weighted by molar-refractivity contribution is 9.10. The van der Waals surface area contributed by atoms with Crippen LogP contribution in [0.1, 0.15) is 11.1 Å². The van der Waals surface area contributed by atoms with Gasteiger partial charge in [0.05, 0.1) is 6.61 Å². The van der Waals surface area contributed by atoms with Crippen molar-refractivity contribution in [3.05, 3.63) is 107 Å². The summed E-state index contributed by atoms with van der Waals surface area (Å²) >= 11 is 6.62. The normalized spacial score (nSPS) is 11.3. The van der Waals surface area contributed by atoms with Crippen LogP contribution in [0.3, 0.4) is 0 Å². The van der Waals surface area contributed by atoms with Crippen LogP contribution in [0.2, 0.25) is 0 Å². The van der Waals surface area contributed by atoms with Crippen molar-refractivity contribution in [3.8, 4) is 16.3 Å². The van der Waals surface area contributed by atoms with E-state index in [1.165, 1.54) is 0 Å². The molecule has 0 radical (unpaired) electrons.